The fourth-order valence-corrected chi connectivity index (χ4v) is 3.22. The second-order valence-corrected chi connectivity index (χ2v) is 7.09. The SMILES string of the molecule is CCNC(=NCC(C)(O)c1ccc(C)o1)NCC1CCCN1CCOC.I. The van der Waals surface area contributed by atoms with Crippen LogP contribution < -0.4 is 10.6 Å². The average Bonchev–Trinajstić information content (AvgIpc) is 3.24. The van der Waals surface area contributed by atoms with Crippen LogP contribution >= 0.6 is 24.0 Å². The first-order valence-corrected chi connectivity index (χ1v) is 9.50. The van der Waals surface area contributed by atoms with Crippen LogP contribution in [0.1, 0.15) is 38.2 Å². The van der Waals surface area contributed by atoms with E-state index in [1.54, 1.807) is 20.1 Å². The number of aryl methyl sites for hydroxylation is 1. The highest BCUT2D eigenvalue weighted by Gasteiger charge is 2.27. The van der Waals surface area contributed by atoms with Gasteiger partial charge in [-0.1, -0.05) is 0 Å². The van der Waals surface area contributed by atoms with E-state index in [9.17, 15) is 5.11 Å². The molecule has 8 heteroatoms. The summed E-state index contributed by atoms with van der Waals surface area (Å²) in [4.78, 5) is 7.02. The molecule has 2 rings (SSSR count). The van der Waals surface area contributed by atoms with E-state index in [0.717, 1.165) is 44.5 Å². The van der Waals surface area contributed by atoms with Crippen LogP contribution in [0.15, 0.2) is 21.5 Å². The third-order valence-corrected chi connectivity index (χ3v) is 4.75. The van der Waals surface area contributed by atoms with E-state index in [-0.39, 0.29) is 30.5 Å². The number of furan rings is 1. The molecule has 1 saturated heterocycles. The van der Waals surface area contributed by atoms with E-state index in [1.807, 2.05) is 19.9 Å². The first-order chi connectivity index (χ1) is 12.5. The number of methoxy groups -OCH3 is 1. The molecule has 7 nitrogen and oxygen atoms in total. The standard InChI is InChI=1S/C19H34N4O3.HI/c1-5-20-18(21-13-16-7-6-10-23(16)11-12-25-4)22-14-19(3,24)17-9-8-15(2)26-17;/h8-9,16,24H,5-7,10-14H2,1-4H3,(H2,20,21,22);1H. The van der Waals surface area contributed by atoms with Crippen LogP contribution in [0.3, 0.4) is 0 Å². The van der Waals surface area contributed by atoms with E-state index in [2.05, 4.69) is 20.5 Å². The van der Waals surface area contributed by atoms with Gasteiger partial charge in [-0.05, 0) is 52.3 Å². The quantitative estimate of drug-likeness (QED) is 0.277. The molecule has 156 valence electrons. The first kappa shape index (κ1) is 24.2. The molecule has 0 bridgehead atoms. The Morgan fingerprint density at radius 2 is 2.22 bits per heavy atom. The van der Waals surface area contributed by atoms with E-state index in [4.69, 9.17) is 9.15 Å². The van der Waals surface area contributed by atoms with Gasteiger partial charge in [0, 0.05) is 32.8 Å². The molecule has 0 aliphatic carbocycles. The maximum absolute atomic E-state index is 10.7. The maximum atomic E-state index is 10.7. The lowest BCUT2D eigenvalue weighted by atomic mass is 10.0. The van der Waals surface area contributed by atoms with Crippen molar-refractivity contribution < 1.29 is 14.3 Å². The minimum Gasteiger partial charge on any atom is -0.463 e. The molecule has 1 aliphatic rings. The summed E-state index contributed by atoms with van der Waals surface area (Å²) in [6.07, 6.45) is 2.40. The van der Waals surface area contributed by atoms with Crippen molar-refractivity contribution >= 4 is 29.9 Å². The third-order valence-electron chi connectivity index (χ3n) is 4.75. The Hall–Kier alpha value is -0.840. The van der Waals surface area contributed by atoms with Crippen LogP contribution in [0.2, 0.25) is 0 Å². The molecule has 3 N–H and O–H groups in total. The minimum atomic E-state index is -1.13. The van der Waals surface area contributed by atoms with Crippen LogP contribution in [0.5, 0.6) is 0 Å². The Bertz CT molecular complexity index is 577. The van der Waals surface area contributed by atoms with E-state index < -0.39 is 5.60 Å². The number of hydrogen-bond acceptors (Lipinski definition) is 5. The highest BCUT2D eigenvalue weighted by molar-refractivity contribution is 14.0. The van der Waals surface area contributed by atoms with Crippen LogP contribution in [0.4, 0.5) is 0 Å². The molecule has 0 spiro atoms. The Morgan fingerprint density at radius 3 is 2.85 bits per heavy atom. The number of nitrogens with zero attached hydrogens (tertiary/aromatic N) is 2. The lowest BCUT2D eigenvalue weighted by Crippen LogP contribution is -2.46. The monoisotopic (exact) mass is 494 g/mol. The number of ether oxygens (including phenoxy) is 1. The summed E-state index contributed by atoms with van der Waals surface area (Å²) in [5.41, 5.74) is -1.13. The van der Waals surface area contributed by atoms with Crippen molar-refractivity contribution in [3.05, 3.63) is 23.7 Å². The summed E-state index contributed by atoms with van der Waals surface area (Å²) in [7, 11) is 1.74. The lowest BCUT2D eigenvalue weighted by Gasteiger charge is -2.25. The molecule has 2 heterocycles. The summed E-state index contributed by atoms with van der Waals surface area (Å²) < 4.78 is 10.8. The number of rotatable bonds is 9. The highest BCUT2D eigenvalue weighted by Crippen LogP contribution is 2.23. The molecule has 2 atom stereocenters. The molecule has 2 unspecified atom stereocenters. The number of hydrogen-bond donors (Lipinski definition) is 3. The second-order valence-electron chi connectivity index (χ2n) is 7.09. The van der Waals surface area contributed by atoms with Gasteiger partial charge in [-0.25, -0.2) is 4.99 Å². The Morgan fingerprint density at radius 1 is 1.44 bits per heavy atom. The zero-order chi connectivity index (χ0) is 19.0. The Kier molecular flexibility index (Phi) is 10.6. The molecule has 0 radical (unpaired) electrons. The van der Waals surface area contributed by atoms with Crippen LogP contribution in [-0.2, 0) is 10.3 Å². The molecule has 27 heavy (non-hydrogen) atoms. The molecule has 0 saturated carbocycles. The maximum Gasteiger partial charge on any atom is 0.191 e. The van der Waals surface area contributed by atoms with Gasteiger partial charge in [-0.3, -0.25) is 4.90 Å². The number of nitrogens with one attached hydrogen (secondary N) is 2. The van der Waals surface area contributed by atoms with Gasteiger partial charge in [0.2, 0.25) is 0 Å². The number of guanidine groups is 1. The fourth-order valence-electron chi connectivity index (χ4n) is 3.22. The summed E-state index contributed by atoms with van der Waals surface area (Å²) in [6, 6.07) is 4.14. The van der Waals surface area contributed by atoms with Crippen molar-refractivity contribution in [1.29, 1.82) is 0 Å². The molecule has 1 aromatic heterocycles. The molecular formula is C19H35IN4O3. The van der Waals surface area contributed by atoms with Gasteiger partial charge in [0.15, 0.2) is 5.96 Å². The molecule has 1 aromatic rings. The van der Waals surface area contributed by atoms with Gasteiger partial charge in [0.05, 0.1) is 13.2 Å². The zero-order valence-electron chi connectivity index (χ0n) is 17.0. The van der Waals surface area contributed by atoms with Gasteiger partial charge in [-0.2, -0.15) is 0 Å². The van der Waals surface area contributed by atoms with Crippen molar-refractivity contribution in [2.24, 2.45) is 4.99 Å². The average molecular weight is 494 g/mol. The Labute approximate surface area is 180 Å². The van der Waals surface area contributed by atoms with Crippen molar-refractivity contribution in [3.8, 4) is 0 Å². The van der Waals surface area contributed by atoms with Crippen LogP contribution in [0.25, 0.3) is 0 Å². The number of halogens is 1. The van der Waals surface area contributed by atoms with Crippen molar-refractivity contribution in [2.45, 2.75) is 45.3 Å². The topological polar surface area (TPSA) is 82.3 Å². The zero-order valence-corrected chi connectivity index (χ0v) is 19.3. The van der Waals surface area contributed by atoms with Gasteiger partial charge in [0.25, 0.3) is 0 Å². The largest absolute Gasteiger partial charge is 0.463 e. The summed E-state index contributed by atoms with van der Waals surface area (Å²) >= 11 is 0. The van der Waals surface area contributed by atoms with Gasteiger partial charge in [0.1, 0.15) is 17.1 Å². The van der Waals surface area contributed by atoms with Gasteiger partial charge >= 0.3 is 0 Å². The molecule has 1 aliphatic heterocycles. The minimum absolute atomic E-state index is 0. The molecule has 0 aromatic carbocycles. The smallest absolute Gasteiger partial charge is 0.191 e. The van der Waals surface area contributed by atoms with E-state index >= 15 is 0 Å². The van der Waals surface area contributed by atoms with E-state index in [0.29, 0.717) is 11.8 Å². The fraction of sp³-hybridized carbons (Fsp3) is 0.737. The third kappa shape index (κ3) is 7.59. The molecule has 0 amide bonds. The van der Waals surface area contributed by atoms with Crippen molar-refractivity contribution in [3.63, 3.8) is 0 Å². The predicted octanol–water partition coefficient (Wildman–Crippen LogP) is 2.08. The van der Waals surface area contributed by atoms with E-state index in [1.165, 1.54) is 12.8 Å². The lowest BCUT2D eigenvalue weighted by molar-refractivity contribution is 0.0428. The van der Waals surface area contributed by atoms with Crippen molar-refractivity contribution in [2.75, 3.05) is 46.4 Å². The highest BCUT2D eigenvalue weighted by atomic mass is 127. The predicted molar refractivity (Wildman–Crippen MR) is 119 cm³/mol. The normalized spacial score (nSPS) is 20.2. The van der Waals surface area contributed by atoms with Crippen LogP contribution in [-0.4, -0.2) is 68.4 Å². The summed E-state index contributed by atoms with van der Waals surface area (Å²) in [5.74, 6) is 2.04. The Balaban J connectivity index is 0.00000364. The molecular weight excluding hydrogens is 459 g/mol. The van der Waals surface area contributed by atoms with Crippen LogP contribution in [0, 0.1) is 6.92 Å². The number of likely N-dealkylation sites (tertiary alicyclic amines) is 1. The van der Waals surface area contributed by atoms with Gasteiger partial charge < -0.3 is 24.9 Å². The number of aliphatic hydroxyl groups is 1. The summed E-state index contributed by atoms with van der Waals surface area (Å²) in [6.45, 7) is 10.3. The number of aliphatic imine (C=N–C) groups is 1. The summed E-state index contributed by atoms with van der Waals surface area (Å²) in [5, 5.41) is 17.3. The van der Waals surface area contributed by atoms with Gasteiger partial charge in [-0.15, -0.1) is 24.0 Å². The molecule has 1 fully saturated rings. The second kappa shape index (κ2) is 11.9. The van der Waals surface area contributed by atoms with Crippen molar-refractivity contribution in [1.82, 2.24) is 15.5 Å². The first-order valence-electron chi connectivity index (χ1n) is 9.50.